The van der Waals surface area contributed by atoms with Crippen molar-refractivity contribution >= 4 is 17.2 Å². The van der Waals surface area contributed by atoms with Crippen LogP contribution in [0.4, 0.5) is 0 Å². The van der Waals surface area contributed by atoms with Crippen LogP contribution in [0.15, 0.2) is 24.4 Å². The fraction of sp³-hybridized carbons (Fsp3) is 0.471. The van der Waals surface area contributed by atoms with Crippen molar-refractivity contribution in [1.29, 1.82) is 0 Å². The summed E-state index contributed by atoms with van der Waals surface area (Å²) in [6, 6.07) is 5.81. The van der Waals surface area contributed by atoms with E-state index in [4.69, 9.17) is 0 Å². The Morgan fingerprint density at radius 1 is 1.23 bits per heavy atom. The molecule has 0 saturated carbocycles. The van der Waals surface area contributed by atoms with Crippen molar-refractivity contribution in [3.8, 4) is 10.7 Å². The summed E-state index contributed by atoms with van der Waals surface area (Å²) in [5, 5.41) is 0.900. The predicted octanol–water partition coefficient (Wildman–Crippen LogP) is 3.46. The van der Waals surface area contributed by atoms with Crippen LogP contribution < -0.4 is 0 Å². The third kappa shape index (κ3) is 3.53. The van der Waals surface area contributed by atoms with Crippen LogP contribution in [-0.2, 0) is 11.2 Å². The van der Waals surface area contributed by atoms with Crippen LogP contribution in [0.1, 0.15) is 36.3 Å². The van der Waals surface area contributed by atoms with E-state index in [1.54, 1.807) is 17.5 Å². The van der Waals surface area contributed by atoms with Crippen molar-refractivity contribution in [3.63, 3.8) is 0 Å². The highest BCUT2D eigenvalue weighted by atomic mass is 32.1. The number of hydrogen-bond acceptors (Lipinski definition) is 4. The van der Waals surface area contributed by atoms with Gasteiger partial charge in [0.25, 0.3) is 0 Å². The Morgan fingerprint density at radius 3 is 2.68 bits per heavy atom. The van der Waals surface area contributed by atoms with Gasteiger partial charge in [-0.1, -0.05) is 18.9 Å². The Hall–Kier alpha value is -1.75. The van der Waals surface area contributed by atoms with Crippen LogP contribution in [0.2, 0.25) is 0 Å². The molecule has 3 heterocycles. The third-order valence-electron chi connectivity index (χ3n) is 4.05. The summed E-state index contributed by atoms with van der Waals surface area (Å²) >= 11 is 1.59. The molecule has 3 rings (SSSR count). The first kappa shape index (κ1) is 15.2. The predicted molar refractivity (Wildman–Crippen MR) is 88.8 cm³/mol. The first-order chi connectivity index (χ1) is 10.7. The van der Waals surface area contributed by atoms with Gasteiger partial charge in [0.2, 0.25) is 5.91 Å². The number of amides is 1. The van der Waals surface area contributed by atoms with Crippen LogP contribution in [0, 0.1) is 6.92 Å². The number of carbonyl (C=O) groups is 1. The fourth-order valence-corrected chi connectivity index (χ4v) is 3.79. The largest absolute Gasteiger partial charge is 0.342 e. The zero-order chi connectivity index (χ0) is 15.4. The number of likely N-dealkylation sites (tertiary alicyclic amines) is 1. The summed E-state index contributed by atoms with van der Waals surface area (Å²) in [4.78, 5) is 24.5. The third-order valence-corrected chi connectivity index (χ3v) is 5.23. The van der Waals surface area contributed by atoms with E-state index in [1.165, 1.54) is 12.8 Å². The molecule has 1 aliphatic heterocycles. The minimum absolute atomic E-state index is 0.237. The van der Waals surface area contributed by atoms with Crippen LogP contribution in [0.25, 0.3) is 10.7 Å². The number of nitrogens with zero attached hydrogens (tertiary/aromatic N) is 3. The average Bonchev–Trinajstić information content (AvgIpc) is 2.76. The van der Waals surface area contributed by atoms with E-state index in [1.807, 2.05) is 30.0 Å². The lowest BCUT2D eigenvalue weighted by Crippen LogP contribution is -2.33. The quantitative estimate of drug-likeness (QED) is 0.871. The van der Waals surface area contributed by atoms with E-state index in [2.05, 4.69) is 9.97 Å². The second-order valence-electron chi connectivity index (χ2n) is 5.71. The van der Waals surface area contributed by atoms with E-state index in [9.17, 15) is 4.79 Å². The summed E-state index contributed by atoms with van der Waals surface area (Å²) in [5.74, 6) is 0.237. The lowest BCUT2D eigenvalue weighted by atomic mass is 10.2. The molecule has 1 aliphatic rings. The van der Waals surface area contributed by atoms with Crippen molar-refractivity contribution in [2.75, 3.05) is 13.1 Å². The molecule has 22 heavy (non-hydrogen) atoms. The molecular formula is C17H21N3OS. The summed E-state index contributed by atoms with van der Waals surface area (Å²) in [6.45, 7) is 3.79. The number of carbonyl (C=O) groups excluding carboxylic acids is 1. The van der Waals surface area contributed by atoms with Crippen molar-refractivity contribution in [3.05, 3.63) is 35.0 Å². The van der Waals surface area contributed by atoms with Gasteiger partial charge in [0.1, 0.15) is 5.01 Å². The number of hydrogen-bond donors (Lipinski definition) is 0. The van der Waals surface area contributed by atoms with Crippen molar-refractivity contribution in [1.82, 2.24) is 14.9 Å². The first-order valence-electron chi connectivity index (χ1n) is 7.89. The molecular weight excluding hydrogens is 294 g/mol. The van der Waals surface area contributed by atoms with Gasteiger partial charge in [0, 0.05) is 24.2 Å². The minimum Gasteiger partial charge on any atom is -0.342 e. The second kappa shape index (κ2) is 7.01. The zero-order valence-corrected chi connectivity index (χ0v) is 13.7. The van der Waals surface area contributed by atoms with Crippen molar-refractivity contribution in [2.45, 2.75) is 39.0 Å². The molecule has 2 aromatic heterocycles. The Morgan fingerprint density at radius 2 is 2.00 bits per heavy atom. The van der Waals surface area contributed by atoms with E-state index < -0.39 is 0 Å². The zero-order valence-electron chi connectivity index (χ0n) is 12.9. The van der Waals surface area contributed by atoms with Crippen molar-refractivity contribution in [2.24, 2.45) is 0 Å². The Labute approximate surface area is 135 Å². The Kier molecular flexibility index (Phi) is 4.83. The molecule has 0 radical (unpaired) electrons. The van der Waals surface area contributed by atoms with Crippen LogP contribution in [0.3, 0.4) is 0 Å². The number of aryl methyl sites for hydroxylation is 1. The van der Waals surface area contributed by atoms with Crippen LogP contribution >= 0.6 is 11.3 Å². The van der Waals surface area contributed by atoms with Gasteiger partial charge < -0.3 is 4.90 Å². The van der Waals surface area contributed by atoms with Gasteiger partial charge in [0.05, 0.1) is 17.8 Å². The highest BCUT2D eigenvalue weighted by Crippen LogP contribution is 2.27. The van der Waals surface area contributed by atoms with E-state index in [0.29, 0.717) is 6.42 Å². The highest BCUT2D eigenvalue weighted by molar-refractivity contribution is 7.15. The van der Waals surface area contributed by atoms with Crippen LogP contribution in [0.5, 0.6) is 0 Å². The minimum atomic E-state index is 0.237. The molecule has 0 atom stereocenters. The number of thiazole rings is 1. The maximum absolute atomic E-state index is 12.5. The SMILES string of the molecule is Cc1nc(-c2ccccn2)sc1CC(=O)N1CCCCCC1. The summed E-state index contributed by atoms with van der Waals surface area (Å²) in [7, 11) is 0. The monoisotopic (exact) mass is 315 g/mol. The first-order valence-corrected chi connectivity index (χ1v) is 8.71. The molecule has 1 amide bonds. The molecule has 2 aromatic rings. The van der Waals surface area contributed by atoms with Gasteiger partial charge in [-0.15, -0.1) is 11.3 Å². The number of aromatic nitrogens is 2. The van der Waals surface area contributed by atoms with Gasteiger partial charge in [0.15, 0.2) is 0 Å². The molecule has 5 heteroatoms. The van der Waals surface area contributed by atoms with Crippen molar-refractivity contribution < 1.29 is 4.79 Å². The standard InChI is InChI=1S/C17H21N3OS/c1-13-15(12-16(21)20-10-6-2-3-7-11-20)22-17(19-13)14-8-4-5-9-18-14/h4-5,8-9H,2-3,6-7,10-12H2,1H3. The molecule has 4 nitrogen and oxygen atoms in total. The highest BCUT2D eigenvalue weighted by Gasteiger charge is 2.19. The maximum Gasteiger partial charge on any atom is 0.227 e. The molecule has 0 unspecified atom stereocenters. The summed E-state index contributed by atoms with van der Waals surface area (Å²) in [5.41, 5.74) is 1.83. The maximum atomic E-state index is 12.5. The average molecular weight is 315 g/mol. The second-order valence-corrected chi connectivity index (χ2v) is 6.80. The van der Waals surface area contributed by atoms with Gasteiger partial charge in [-0.05, 0) is 31.9 Å². The van der Waals surface area contributed by atoms with E-state index in [-0.39, 0.29) is 5.91 Å². The lowest BCUT2D eigenvalue weighted by molar-refractivity contribution is -0.130. The molecule has 116 valence electrons. The van der Waals surface area contributed by atoms with E-state index >= 15 is 0 Å². The smallest absolute Gasteiger partial charge is 0.227 e. The Balaban J connectivity index is 1.72. The normalized spacial score (nSPS) is 15.6. The van der Waals surface area contributed by atoms with Crippen LogP contribution in [-0.4, -0.2) is 33.9 Å². The molecule has 1 saturated heterocycles. The summed E-state index contributed by atoms with van der Waals surface area (Å²) in [6.07, 6.45) is 6.99. The van der Waals surface area contributed by atoms with Gasteiger partial charge in [-0.2, -0.15) is 0 Å². The van der Waals surface area contributed by atoms with E-state index in [0.717, 1.165) is 47.2 Å². The lowest BCUT2D eigenvalue weighted by Gasteiger charge is -2.19. The molecule has 1 fully saturated rings. The molecule has 0 bridgehead atoms. The fourth-order valence-electron chi connectivity index (χ4n) is 2.76. The van der Waals surface area contributed by atoms with Gasteiger partial charge >= 0.3 is 0 Å². The van der Waals surface area contributed by atoms with Gasteiger partial charge in [-0.3, -0.25) is 9.78 Å². The molecule has 0 aromatic carbocycles. The number of pyridine rings is 1. The molecule has 0 spiro atoms. The summed E-state index contributed by atoms with van der Waals surface area (Å²) < 4.78 is 0. The Bertz CT molecular complexity index is 631. The number of rotatable bonds is 3. The molecule has 0 N–H and O–H groups in total. The van der Waals surface area contributed by atoms with Gasteiger partial charge in [-0.25, -0.2) is 4.98 Å². The topological polar surface area (TPSA) is 46.1 Å². The molecule has 0 aliphatic carbocycles.